The maximum absolute atomic E-state index is 9.17. The first-order valence-electron chi connectivity index (χ1n) is 6.44. The summed E-state index contributed by atoms with van der Waals surface area (Å²) in [4.78, 5) is 10.8. The summed E-state index contributed by atoms with van der Waals surface area (Å²) in [7, 11) is 0. The van der Waals surface area contributed by atoms with Gasteiger partial charge in [0.15, 0.2) is 0 Å². The van der Waals surface area contributed by atoms with Crippen molar-refractivity contribution in [1.29, 1.82) is 0 Å². The van der Waals surface area contributed by atoms with E-state index in [9.17, 15) is 0 Å². The van der Waals surface area contributed by atoms with Gasteiger partial charge in [-0.05, 0) is 27.2 Å². The number of aliphatic hydroxyl groups excluding tert-OH is 1. The highest BCUT2D eigenvalue weighted by Gasteiger charge is 2.23. The zero-order valence-corrected chi connectivity index (χ0v) is 11.3. The van der Waals surface area contributed by atoms with E-state index >= 15 is 0 Å². The first kappa shape index (κ1) is 13.1. The smallest absolute Gasteiger partial charge is 0.134 e. The quantitative estimate of drug-likeness (QED) is 0.851. The summed E-state index contributed by atoms with van der Waals surface area (Å²) in [5.74, 6) is 2.16. The van der Waals surface area contributed by atoms with Crippen LogP contribution in [0, 0.1) is 5.92 Å². The van der Waals surface area contributed by atoms with Crippen molar-refractivity contribution in [1.82, 2.24) is 9.97 Å². The van der Waals surface area contributed by atoms with Gasteiger partial charge in [0.2, 0.25) is 0 Å². The molecule has 0 radical (unpaired) electrons. The molecule has 1 aromatic heterocycles. The maximum Gasteiger partial charge on any atom is 0.134 e. The molecule has 5 heteroatoms. The molecule has 0 amide bonds. The number of hydrogen-bond donors (Lipinski definition) is 2. The third-order valence-corrected chi connectivity index (χ3v) is 3.02. The Morgan fingerprint density at radius 3 is 2.83 bits per heavy atom. The van der Waals surface area contributed by atoms with E-state index in [4.69, 9.17) is 5.11 Å². The zero-order valence-electron chi connectivity index (χ0n) is 11.3. The fraction of sp³-hybridized carbons (Fsp3) is 0.692. The fourth-order valence-electron chi connectivity index (χ4n) is 2.16. The van der Waals surface area contributed by atoms with Crippen LogP contribution in [0.4, 0.5) is 11.6 Å². The normalized spacial score (nSPS) is 20.2. The van der Waals surface area contributed by atoms with Crippen molar-refractivity contribution in [3.05, 3.63) is 12.4 Å². The van der Waals surface area contributed by atoms with E-state index in [-0.39, 0.29) is 12.1 Å². The summed E-state index contributed by atoms with van der Waals surface area (Å²) < 4.78 is 0. The standard InChI is InChI=1S/C13H22N4O/c1-13(2,3)16-11-6-12(15-9-14-11)17-5-4-10(7-17)8-18/h6,9-10,18H,4-5,7-8H2,1-3H3,(H,14,15,16). The molecule has 1 aromatic rings. The number of aliphatic hydroxyl groups is 1. The lowest BCUT2D eigenvalue weighted by atomic mass is 10.1. The largest absolute Gasteiger partial charge is 0.396 e. The fourth-order valence-corrected chi connectivity index (χ4v) is 2.16. The topological polar surface area (TPSA) is 61.3 Å². The second-order valence-corrected chi connectivity index (χ2v) is 5.92. The molecule has 18 heavy (non-hydrogen) atoms. The number of hydrogen-bond acceptors (Lipinski definition) is 5. The molecule has 0 aromatic carbocycles. The van der Waals surface area contributed by atoms with Crippen LogP contribution in [0.2, 0.25) is 0 Å². The lowest BCUT2D eigenvalue weighted by molar-refractivity contribution is 0.238. The molecule has 2 rings (SSSR count). The van der Waals surface area contributed by atoms with Crippen molar-refractivity contribution in [3.63, 3.8) is 0 Å². The van der Waals surface area contributed by atoms with E-state index in [0.29, 0.717) is 5.92 Å². The van der Waals surface area contributed by atoms with Crippen LogP contribution >= 0.6 is 0 Å². The molecule has 0 bridgehead atoms. The molecule has 0 spiro atoms. The van der Waals surface area contributed by atoms with E-state index < -0.39 is 0 Å². The Bertz CT molecular complexity index is 402. The minimum atomic E-state index is -0.00966. The van der Waals surface area contributed by atoms with Gasteiger partial charge in [0.25, 0.3) is 0 Å². The Balaban J connectivity index is 2.08. The molecule has 1 unspecified atom stereocenters. The zero-order chi connectivity index (χ0) is 13.2. The number of aromatic nitrogens is 2. The van der Waals surface area contributed by atoms with Crippen LogP contribution in [-0.2, 0) is 0 Å². The second kappa shape index (κ2) is 5.10. The highest BCUT2D eigenvalue weighted by molar-refractivity contribution is 5.50. The first-order chi connectivity index (χ1) is 8.48. The highest BCUT2D eigenvalue weighted by Crippen LogP contribution is 2.23. The molecule has 1 fully saturated rings. The van der Waals surface area contributed by atoms with E-state index in [1.807, 2.05) is 6.07 Å². The molecule has 1 aliphatic heterocycles. The molecule has 0 saturated carbocycles. The Morgan fingerprint density at radius 2 is 2.22 bits per heavy atom. The van der Waals surface area contributed by atoms with Crippen molar-refractivity contribution < 1.29 is 5.11 Å². The van der Waals surface area contributed by atoms with Crippen molar-refractivity contribution in [2.45, 2.75) is 32.7 Å². The van der Waals surface area contributed by atoms with Gasteiger partial charge < -0.3 is 15.3 Å². The number of nitrogens with one attached hydrogen (secondary N) is 1. The van der Waals surface area contributed by atoms with Gasteiger partial charge in [0.05, 0.1) is 0 Å². The summed E-state index contributed by atoms with van der Waals surface area (Å²) in [6, 6.07) is 1.98. The van der Waals surface area contributed by atoms with Crippen LogP contribution in [-0.4, -0.2) is 40.3 Å². The summed E-state index contributed by atoms with van der Waals surface area (Å²) in [5, 5.41) is 12.5. The van der Waals surface area contributed by atoms with Gasteiger partial charge in [-0.25, -0.2) is 9.97 Å². The average Bonchev–Trinajstić information content (AvgIpc) is 2.75. The van der Waals surface area contributed by atoms with Gasteiger partial charge in [-0.15, -0.1) is 0 Å². The van der Waals surface area contributed by atoms with Crippen LogP contribution < -0.4 is 10.2 Å². The van der Waals surface area contributed by atoms with Crippen molar-refractivity contribution in [2.24, 2.45) is 5.92 Å². The predicted octanol–water partition coefficient (Wildman–Crippen LogP) is 1.51. The molecule has 5 nitrogen and oxygen atoms in total. The van der Waals surface area contributed by atoms with E-state index in [2.05, 4.69) is 41.0 Å². The SMILES string of the molecule is CC(C)(C)Nc1cc(N2CCC(CO)C2)ncn1. The Labute approximate surface area is 108 Å². The van der Waals surface area contributed by atoms with Crippen LogP contribution in [0.5, 0.6) is 0 Å². The predicted molar refractivity (Wildman–Crippen MR) is 72.8 cm³/mol. The summed E-state index contributed by atoms with van der Waals surface area (Å²) >= 11 is 0. The van der Waals surface area contributed by atoms with Crippen LogP contribution in [0.15, 0.2) is 12.4 Å². The number of nitrogens with zero attached hydrogens (tertiary/aromatic N) is 3. The average molecular weight is 250 g/mol. The monoisotopic (exact) mass is 250 g/mol. The van der Waals surface area contributed by atoms with E-state index in [0.717, 1.165) is 31.1 Å². The van der Waals surface area contributed by atoms with Crippen LogP contribution in [0.25, 0.3) is 0 Å². The van der Waals surface area contributed by atoms with Gasteiger partial charge in [-0.3, -0.25) is 0 Å². The van der Waals surface area contributed by atoms with E-state index in [1.165, 1.54) is 0 Å². The highest BCUT2D eigenvalue weighted by atomic mass is 16.3. The Hall–Kier alpha value is -1.36. The minimum Gasteiger partial charge on any atom is -0.396 e. The summed E-state index contributed by atoms with van der Waals surface area (Å²) in [5.41, 5.74) is -0.00966. The van der Waals surface area contributed by atoms with Crippen LogP contribution in [0.3, 0.4) is 0 Å². The molecule has 0 aliphatic carbocycles. The van der Waals surface area contributed by atoms with Gasteiger partial charge >= 0.3 is 0 Å². The van der Waals surface area contributed by atoms with Crippen molar-refractivity contribution in [3.8, 4) is 0 Å². The second-order valence-electron chi connectivity index (χ2n) is 5.92. The molecular formula is C13H22N4O. The molecule has 1 atom stereocenters. The molecule has 100 valence electrons. The summed E-state index contributed by atoms with van der Waals surface area (Å²) in [6.07, 6.45) is 2.62. The first-order valence-corrected chi connectivity index (χ1v) is 6.44. The van der Waals surface area contributed by atoms with Crippen molar-refractivity contribution in [2.75, 3.05) is 29.9 Å². The Kier molecular flexibility index (Phi) is 3.71. The van der Waals surface area contributed by atoms with Crippen LogP contribution in [0.1, 0.15) is 27.2 Å². The Morgan fingerprint density at radius 1 is 1.44 bits per heavy atom. The molecular weight excluding hydrogens is 228 g/mol. The third kappa shape index (κ3) is 3.32. The third-order valence-electron chi connectivity index (χ3n) is 3.02. The van der Waals surface area contributed by atoms with Gasteiger partial charge in [0, 0.05) is 37.2 Å². The molecule has 1 aliphatic rings. The lowest BCUT2D eigenvalue weighted by Gasteiger charge is -2.23. The van der Waals surface area contributed by atoms with Crippen molar-refractivity contribution >= 4 is 11.6 Å². The lowest BCUT2D eigenvalue weighted by Crippen LogP contribution is -2.27. The maximum atomic E-state index is 9.17. The molecule has 2 heterocycles. The van der Waals surface area contributed by atoms with Gasteiger partial charge in [0.1, 0.15) is 18.0 Å². The van der Waals surface area contributed by atoms with Gasteiger partial charge in [-0.2, -0.15) is 0 Å². The molecule has 2 N–H and O–H groups in total. The number of anilines is 2. The van der Waals surface area contributed by atoms with Gasteiger partial charge in [-0.1, -0.05) is 0 Å². The number of rotatable bonds is 3. The summed E-state index contributed by atoms with van der Waals surface area (Å²) in [6.45, 7) is 8.40. The molecule has 1 saturated heterocycles. The minimum absolute atomic E-state index is 0.00966. The van der Waals surface area contributed by atoms with E-state index in [1.54, 1.807) is 6.33 Å².